The topological polar surface area (TPSA) is 182 Å². The zero-order valence-electron chi connectivity index (χ0n) is 17.5. The van der Waals surface area contributed by atoms with Crippen molar-refractivity contribution in [2.24, 2.45) is 0 Å². The van der Waals surface area contributed by atoms with Crippen LogP contribution in [0.4, 0.5) is 0 Å². The Bertz CT molecular complexity index is 1180. The number of carboxylic acid groups (broad SMARTS) is 1. The molecule has 12 heteroatoms. The highest BCUT2D eigenvalue weighted by Crippen LogP contribution is 2.25. The van der Waals surface area contributed by atoms with E-state index in [2.05, 4.69) is 10.0 Å². The van der Waals surface area contributed by atoms with Gasteiger partial charge in [-0.05, 0) is 29.0 Å². The molecule has 6 N–H and O–H groups in total. The van der Waals surface area contributed by atoms with Gasteiger partial charge < -0.3 is 30.5 Å². The molecule has 2 aromatic rings. The van der Waals surface area contributed by atoms with Crippen LogP contribution in [0.1, 0.15) is 6.92 Å². The Balaban J connectivity index is 2.02. The summed E-state index contributed by atoms with van der Waals surface area (Å²) >= 11 is 0. The molecule has 1 aliphatic heterocycles. The number of nitrogens with one attached hydrogen (secondary N) is 2. The van der Waals surface area contributed by atoms with Crippen molar-refractivity contribution in [1.82, 2.24) is 10.0 Å². The molecule has 0 aliphatic carbocycles. The van der Waals surface area contributed by atoms with E-state index in [-0.39, 0.29) is 4.90 Å². The molecule has 5 atom stereocenters. The third-order valence-corrected chi connectivity index (χ3v) is 6.61. The van der Waals surface area contributed by atoms with E-state index in [1.54, 1.807) is 24.3 Å². The van der Waals surface area contributed by atoms with Gasteiger partial charge in [-0.3, -0.25) is 4.79 Å². The number of sulfonamides is 1. The zero-order chi connectivity index (χ0) is 24.3. The summed E-state index contributed by atoms with van der Waals surface area (Å²) in [6.07, 6.45) is -4.22. The average Bonchev–Trinajstić information content (AvgIpc) is 2.78. The summed E-state index contributed by atoms with van der Waals surface area (Å²) < 4.78 is 33.8. The van der Waals surface area contributed by atoms with E-state index >= 15 is 0 Å². The smallest absolute Gasteiger partial charge is 0.370 e. The number of fused-ring (bicyclic) bond motifs is 1. The first-order chi connectivity index (χ1) is 15.5. The number of carbonyl (C=O) groups excluding carboxylic acids is 1. The van der Waals surface area contributed by atoms with Crippen molar-refractivity contribution in [1.29, 1.82) is 0 Å². The molecule has 1 heterocycles. The van der Waals surface area contributed by atoms with Crippen molar-refractivity contribution in [3.63, 3.8) is 0 Å². The van der Waals surface area contributed by atoms with Crippen molar-refractivity contribution in [3.8, 4) is 0 Å². The van der Waals surface area contributed by atoms with Gasteiger partial charge in [-0.15, -0.1) is 0 Å². The standard InChI is InChI=1S/C21H24N2O9S/c1-11(25)22-18-15(9-17(21(28)29)32-20(18)19(27)16(26)10-24)23-33(30,31)14-7-6-12-4-2-3-5-13(12)8-14/h2-9,15-16,18-20,23-24,26-27H,10H2,1H3,(H,22,25)(H,28,29)/t15-,16+,18+,19+,20?/m0/s1. The molecule has 3 rings (SSSR count). The molecule has 33 heavy (non-hydrogen) atoms. The van der Waals surface area contributed by atoms with Crippen LogP contribution in [0.15, 0.2) is 59.2 Å². The van der Waals surface area contributed by atoms with E-state index in [1.807, 2.05) is 6.07 Å². The quantitative estimate of drug-likeness (QED) is 0.278. The number of hydrogen-bond acceptors (Lipinski definition) is 8. The molecular formula is C21H24N2O9S. The second-order valence-corrected chi connectivity index (χ2v) is 9.26. The van der Waals surface area contributed by atoms with Gasteiger partial charge in [0, 0.05) is 6.92 Å². The van der Waals surface area contributed by atoms with Gasteiger partial charge in [0.05, 0.1) is 23.6 Å². The molecule has 11 nitrogen and oxygen atoms in total. The van der Waals surface area contributed by atoms with Crippen LogP contribution in [0.5, 0.6) is 0 Å². The zero-order valence-corrected chi connectivity index (χ0v) is 18.3. The Morgan fingerprint density at radius 3 is 2.39 bits per heavy atom. The van der Waals surface area contributed by atoms with E-state index < -0.39 is 64.7 Å². The molecule has 0 bridgehead atoms. The molecule has 1 amide bonds. The van der Waals surface area contributed by atoms with Crippen molar-refractivity contribution < 1.29 is 43.2 Å². The molecule has 0 aromatic heterocycles. The minimum Gasteiger partial charge on any atom is -0.478 e. The third kappa shape index (κ3) is 5.49. The largest absolute Gasteiger partial charge is 0.478 e. The van der Waals surface area contributed by atoms with Gasteiger partial charge in [-0.1, -0.05) is 30.3 Å². The fraction of sp³-hybridized carbons (Fsp3) is 0.333. The Hall–Kier alpha value is -3.03. The average molecular weight is 480 g/mol. The van der Waals surface area contributed by atoms with E-state index in [1.165, 1.54) is 12.1 Å². The fourth-order valence-electron chi connectivity index (χ4n) is 3.56. The third-order valence-electron chi connectivity index (χ3n) is 5.16. The van der Waals surface area contributed by atoms with Crippen LogP contribution in [0.2, 0.25) is 0 Å². The normalized spacial score (nSPS) is 22.7. The molecule has 0 fully saturated rings. The lowest BCUT2D eigenvalue weighted by molar-refractivity contribution is -0.146. The maximum atomic E-state index is 13.1. The van der Waals surface area contributed by atoms with E-state index in [4.69, 9.17) is 4.74 Å². The van der Waals surface area contributed by atoms with Crippen LogP contribution < -0.4 is 10.0 Å². The van der Waals surface area contributed by atoms with Gasteiger partial charge in [0.1, 0.15) is 18.3 Å². The highest BCUT2D eigenvalue weighted by Gasteiger charge is 2.44. The molecule has 0 saturated carbocycles. The Morgan fingerprint density at radius 1 is 1.12 bits per heavy atom. The molecular weight excluding hydrogens is 456 g/mol. The van der Waals surface area contributed by atoms with Crippen molar-refractivity contribution >= 4 is 32.7 Å². The summed E-state index contributed by atoms with van der Waals surface area (Å²) in [4.78, 5) is 23.3. The molecule has 0 radical (unpaired) electrons. The second kappa shape index (κ2) is 9.85. The van der Waals surface area contributed by atoms with Crippen molar-refractivity contribution in [3.05, 3.63) is 54.3 Å². The number of amides is 1. The van der Waals surface area contributed by atoms with E-state index in [9.17, 15) is 38.4 Å². The summed E-state index contributed by atoms with van der Waals surface area (Å²) in [5, 5.41) is 42.7. The summed E-state index contributed by atoms with van der Waals surface area (Å²) in [7, 11) is -4.23. The number of ether oxygens (including phenoxy) is 1. The van der Waals surface area contributed by atoms with Gasteiger partial charge in [-0.25, -0.2) is 17.9 Å². The number of carboxylic acids is 1. The first kappa shape index (κ1) is 24.6. The second-order valence-electron chi connectivity index (χ2n) is 7.54. The van der Waals surface area contributed by atoms with E-state index in [0.29, 0.717) is 5.39 Å². The molecule has 0 saturated heterocycles. The molecule has 1 unspecified atom stereocenters. The summed E-state index contributed by atoms with van der Waals surface area (Å²) in [6, 6.07) is 8.85. The van der Waals surface area contributed by atoms with Crippen LogP contribution in [-0.4, -0.2) is 77.7 Å². The predicted octanol–water partition coefficient (Wildman–Crippen LogP) is -0.927. The number of aliphatic hydroxyl groups is 3. The SMILES string of the molecule is CC(=O)N[C@H]1C([C@H](O)[C@H](O)CO)OC(C(=O)O)=C[C@@H]1NS(=O)(=O)c1ccc2ccccc2c1. The van der Waals surface area contributed by atoms with Crippen LogP contribution >= 0.6 is 0 Å². The molecule has 178 valence electrons. The van der Waals surface area contributed by atoms with Crippen LogP contribution in [-0.2, 0) is 24.3 Å². The van der Waals surface area contributed by atoms with Crippen LogP contribution in [0, 0.1) is 0 Å². The van der Waals surface area contributed by atoms with Gasteiger partial charge in [0.25, 0.3) is 0 Å². The monoisotopic (exact) mass is 480 g/mol. The van der Waals surface area contributed by atoms with Crippen molar-refractivity contribution in [2.45, 2.75) is 42.2 Å². The predicted molar refractivity (Wildman–Crippen MR) is 115 cm³/mol. The molecule has 2 aromatic carbocycles. The number of hydrogen-bond donors (Lipinski definition) is 6. The Labute approximate surface area is 189 Å². The number of carbonyl (C=O) groups is 2. The highest BCUT2D eigenvalue weighted by molar-refractivity contribution is 7.89. The Kier molecular flexibility index (Phi) is 7.34. The van der Waals surface area contributed by atoms with Crippen LogP contribution in [0.25, 0.3) is 10.8 Å². The first-order valence-electron chi connectivity index (χ1n) is 9.90. The minimum atomic E-state index is -4.23. The van der Waals surface area contributed by atoms with Crippen molar-refractivity contribution in [2.75, 3.05) is 6.61 Å². The first-order valence-corrected chi connectivity index (χ1v) is 11.4. The summed E-state index contributed by atoms with van der Waals surface area (Å²) in [5.74, 6) is -2.87. The lowest BCUT2D eigenvalue weighted by Crippen LogP contribution is -2.63. The molecule has 0 spiro atoms. The summed E-state index contributed by atoms with van der Waals surface area (Å²) in [6.45, 7) is 0.255. The number of aliphatic carboxylic acids is 1. The van der Waals surface area contributed by atoms with E-state index in [0.717, 1.165) is 18.4 Å². The van der Waals surface area contributed by atoms with Gasteiger partial charge >= 0.3 is 5.97 Å². The van der Waals surface area contributed by atoms with Crippen LogP contribution in [0.3, 0.4) is 0 Å². The lowest BCUT2D eigenvalue weighted by atomic mass is 9.92. The number of benzene rings is 2. The van der Waals surface area contributed by atoms with Gasteiger partial charge in [0.2, 0.25) is 21.7 Å². The fourth-order valence-corrected chi connectivity index (χ4v) is 4.80. The minimum absolute atomic E-state index is 0.105. The molecule has 1 aliphatic rings. The highest BCUT2D eigenvalue weighted by atomic mass is 32.2. The van der Waals surface area contributed by atoms with Gasteiger partial charge in [-0.2, -0.15) is 0 Å². The number of rotatable bonds is 8. The lowest BCUT2D eigenvalue weighted by Gasteiger charge is -2.39. The Morgan fingerprint density at radius 2 is 1.79 bits per heavy atom. The van der Waals surface area contributed by atoms with Gasteiger partial charge in [0.15, 0.2) is 0 Å². The maximum absolute atomic E-state index is 13.1. The summed E-state index contributed by atoms with van der Waals surface area (Å²) in [5.41, 5.74) is 0. The maximum Gasteiger partial charge on any atom is 0.370 e. The number of aliphatic hydroxyl groups excluding tert-OH is 3.